The molecule has 1 fully saturated rings. The highest BCUT2D eigenvalue weighted by atomic mass is 35.5. The maximum atomic E-state index is 14.1. The zero-order chi connectivity index (χ0) is 20.5. The number of nitrogens with zero attached hydrogens (tertiary/aromatic N) is 4. The first-order valence-electron chi connectivity index (χ1n) is 9.82. The Labute approximate surface area is 174 Å². The molecule has 0 atom stereocenters. The van der Waals surface area contributed by atoms with Crippen LogP contribution in [0.1, 0.15) is 28.0 Å². The van der Waals surface area contributed by atoms with Crippen LogP contribution in [0.3, 0.4) is 0 Å². The molecule has 2 aromatic carbocycles. The second kappa shape index (κ2) is 8.13. The van der Waals surface area contributed by atoms with Gasteiger partial charge in [-0.05, 0) is 30.9 Å². The van der Waals surface area contributed by atoms with Crippen LogP contribution in [-0.4, -0.2) is 51.7 Å². The van der Waals surface area contributed by atoms with E-state index in [4.69, 9.17) is 11.6 Å². The quantitative estimate of drug-likeness (QED) is 0.650. The number of carbonyl (C=O) groups excluding carboxylic acids is 1. The first-order valence-corrected chi connectivity index (χ1v) is 10.2. The number of benzene rings is 2. The molecule has 1 amide bonds. The van der Waals surface area contributed by atoms with Crippen molar-refractivity contribution >= 4 is 28.3 Å². The van der Waals surface area contributed by atoms with E-state index >= 15 is 0 Å². The number of fused-ring (bicyclic) bond motifs is 1. The zero-order valence-electron chi connectivity index (χ0n) is 16.7. The Morgan fingerprint density at radius 1 is 1.10 bits per heavy atom. The lowest BCUT2D eigenvalue weighted by atomic mass is 10.0. The van der Waals surface area contributed by atoms with E-state index in [2.05, 4.69) is 10.00 Å². The van der Waals surface area contributed by atoms with E-state index in [1.807, 2.05) is 31.0 Å². The monoisotopic (exact) mass is 414 g/mol. The molecule has 5 nitrogen and oxygen atoms in total. The van der Waals surface area contributed by atoms with E-state index < -0.39 is 0 Å². The molecule has 1 aliphatic rings. The maximum Gasteiger partial charge on any atom is 0.254 e. The highest BCUT2D eigenvalue weighted by molar-refractivity contribution is 6.30. The number of hydrogen-bond acceptors (Lipinski definition) is 3. The lowest BCUT2D eigenvalue weighted by molar-refractivity contribution is 0.0763. The molecule has 0 bridgehead atoms. The SMILES string of the molecule is Cc1nn(C)c(Cl)c1CN1CCCN(C(=O)c2ccc(F)c3ccccc23)CC1. The van der Waals surface area contributed by atoms with E-state index in [9.17, 15) is 9.18 Å². The largest absolute Gasteiger partial charge is 0.337 e. The third-order valence-corrected chi connectivity index (χ3v) is 6.10. The summed E-state index contributed by atoms with van der Waals surface area (Å²) in [6.45, 7) is 5.64. The van der Waals surface area contributed by atoms with Crippen molar-refractivity contribution in [2.45, 2.75) is 19.9 Å². The first-order chi connectivity index (χ1) is 14.0. The van der Waals surface area contributed by atoms with Crippen molar-refractivity contribution in [2.75, 3.05) is 26.2 Å². The second-order valence-electron chi connectivity index (χ2n) is 7.54. The van der Waals surface area contributed by atoms with Gasteiger partial charge in [0.1, 0.15) is 11.0 Å². The lowest BCUT2D eigenvalue weighted by Gasteiger charge is -2.22. The average molecular weight is 415 g/mol. The average Bonchev–Trinajstić information content (AvgIpc) is 2.89. The van der Waals surface area contributed by atoms with Crippen LogP contribution in [0.2, 0.25) is 5.15 Å². The minimum atomic E-state index is -0.303. The lowest BCUT2D eigenvalue weighted by Crippen LogP contribution is -2.35. The van der Waals surface area contributed by atoms with Gasteiger partial charge in [-0.25, -0.2) is 4.39 Å². The minimum absolute atomic E-state index is 0.0429. The Morgan fingerprint density at radius 3 is 2.59 bits per heavy atom. The van der Waals surface area contributed by atoms with Crippen molar-refractivity contribution in [2.24, 2.45) is 7.05 Å². The predicted molar refractivity (Wildman–Crippen MR) is 113 cm³/mol. The van der Waals surface area contributed by atoms with Gasteiger partial charge in [-0.1, -0.05) is 35.9 Å². The molecular formula is C22H24ClFN4O. The number of carbonyl (C=O) groups is 1. The molecular weight excluding hydrogens is 391 g/mol. The summed E-state index contributed by atoms with van der Waals surface area (Å²) in [5, 5.41) is 6.19. The van der Waals surface area contributed by atoms with Crippen LogP contribution >= 0.6 is 11.6 Å². The van der Waals surface area contributed by atoms with Gasteiger partial charge < -0.3 is 4.90 Å². The number of aryl methyl sites for hydroxylation is 2. The smallest absolute Gasteiger partial charge is 0.254 e. The third-order valence-electron chi connectivity index (χ3n) is 5.63. The van der Waals surface area contributed by atoms with Gasteiger partial charge in [-0.3, -0.25) is 14.4 Å². The van der Waals surface area contributed by atoms with Crippen molar-refractivity contribution < 1.29 is 9.18 Å². The Hall–Kier alpha value is -2.44. The Balaban J connectivity index is 1.50. The summed E-state index contributed by atoms with van der Waals surface area (Å²) in [6, 6.07) is 10.1. The van der Waals surface area contributed by atoms with Crippen molar-refractivity contribution in [3.63, 3.8) is 0 Å². The molecule has 1 aromatic heterocycles. The van der Waals surface area contributed by atoms with Gasteiger partial charge in [-0.15, -0.1) is 0 Å². The van der Waals surface area contributed by atoms with Crippen molar-refractivity contribution in [1.82, 2.24) is 19.6 Å². The molecule has 0 N–H and O–H groups in total. The summed E-state index contributed by atoms with van der Waals surface area (Å²) in [5.74, 6) is -0.346. The van der Waals surface area contributed by atoms with Crippen molar-refractivity contribution in [1.29, 1.82) is 0 Å². The zero-order valence-corrected chi connectivity index (χ0v) is 17.4. The highest BCUT2D eigenvalue weighted by Crippen LogP contribution is 2.24. The van der Waals surface area contributed by atoms with Gasteiger partial charge in [-0.2, -0.15) is 5.10 Å². The normalized spacial score (nSPS) is 15.7. The maximum absolute atomic E-state index is 14.1. The summed E-state index contributed by atoms with van der Waals surface area (Å²) >= 11 is 6.38. The van der Waals surface area contributed by atoms with Crippen molar-refractivity contribution in [3.05, 3.63) is 64.2 Å². The van der Waals surface area contributed by atoms with Crippen LogP contribution in [0, 0.1) is 12.7 Å². The molecule has 152 valence electrons. The van der Waals surface area contributed by atoms with Gasteiger partial charge in [0.15, 0.2) is 0 Å². The standard InChI is InChI=1S/C22H24ClFN4O/c1-15-19(21(23)26(2)25-15)14-27-10-5-11-28(13-12-27)22(29)18-8-9-20(24)17-7-4-3-6-16(17)18/h3-4,6-9H,5,10-14H2,1-2H3. The number of amides is 1. The molecule has 0 spiro atoms. The van der Waals surface area contributed by atoms with Crippen LogP contribution in [0.4, 0.5) is 4.39 Å². The number of rotatable bonds is 3. The van der Waals surface area contributed by atoms with E-state index in [-0.39, 0.29) is 11.7 Å². The van der Waals surface area contributed by atoms with Gasteiger partial charge in [0.25, 0.3) is 5.91 Å². The van der Waals surface area contributed by atoms with Crippen LogP contribution in [0.15, 0.2) is 36.4 Å². The predicted octanol–water partition coefficient (Wildman–Crippen LogP) is 4.02. The highest BCUT2D eigenvalue weighted by Gasteiger charge is 2.23. The van der Waals surface area contributed by atoms with Gasteiger partial charge >= 0.3 is 0 Å². The van der Waals surface area contributed by atoms with Crippen LogP contribution < -0.4 is 0 Å². The van der Waals surface area contributed by atoms with Crippen LogP contribution in [0.5, 0.6) is 0 Å². The molecule has 0 radical (unpaired) electrons. The topological polar surface area (TPSA) is 41.4 Å². The van der Waals surface area contributed by atoms with Crippen LogP contribution in [-0.2, 0) is 13.6 Å². The molecule has 29 heavy (non-hydrogen) atoms. The Morgan fingerprint density at radius 2 is 1.86 bits per heavy atom. The van der Waals surface area contributed by atoms with Gasteiger partial charge in [0.05, 0.1) is 5.69 Å². The van der Waals surface area contributed by atoms with Crippen LogP contribution in [0.25, 0.3) is 10.8 Å². The molecule has 1 aliphatic heterocycles. The van der Waals surface area contributed by atoms with E-state index in [0.717, 1.165) is 37.3 Å². The third kappa shape index (κ3) is 3.87. The van der Waals surface area contributed by atoms with E-state index in [1.54, 1.807) is 22.9 Å². The molecule has 0 unspecified atom stereocenters. The summed E-state index contributed by atoms with van der Waals surface area (Å²) < 4.78 is 15.8. The number of halogens is 2. The fraction of sp³-hybridized carbons (Fsp3) is 0.364. The summed E-state index contributed by atoms with van der Waals surface area (Å²) in [5.41, 5.74) is 2.53. The second-order valence-corrected chi connectivity index (χ2v) is 7.90. The van der Waals surface area contributed by atoms with Gasteiger partial charge in [0.2, 0.25) is 0 Å². The first kappa shape index (κ1) is 19.9. The Kier molecular flexibility index (Phi) is 5.56. The molecule has 3 aromatic rings. The molecule has 1 saturated heterocycles. The van der Waals surface area contributed by atoms with Crippen molar-refractivity contribution in [3.8, 4) is 0 Å². The minimum Gasteiger partial charge on any atom is -0.337 e. The molecule has 7 heteroatoms. The summed E-state index contributed by atoms with van der Waals surface area (Å²) in [4.78, 5) is 17.4. The van der Waals surface area contributed by atoms with E-state index in [1.165, 1.54) is 6.07 Å². The fourth-order valence-electron chi connectivity index (χ4n) is 4.03. The van der Waals surface area contributed by atoms with E-state index in [0.29, 0.717) is 34.6 Å². The number of aromatic nitrogens is 2. The fourth-order valence-corrected chi connectivity index (χ4v) is 4.26. The molecule has 0 aliphatic carbocycles. The molecule has 0 saturated carbocycles. The van der Waals surface area contributed by atoms with Gasteiger partial charge in [0, 0.05) is 56.3 Å². The molecule has 4 rings (SSSR count). The summed E-state index contributed by atoms with van der Waals surface area (Å²) in [7, 11) is 1.84. The molecule has 2 heterocycles. The Bertz CT molecular complexity index is 1060. The number of hydrogen-bond donors (Lipinski definition) is 0. The summed E-state index contributed by atoms with van der Waals surface area (Å²) in [6.07, 6.45) is 0.877.